The molecule has 0 N–H and O–H groups in total. The van der Waals surface area contributed by atoms with E-state index in [2.05, 4.69) is 197 Å². The molecule has 0 amide bonds. The smallest absolute Gasteiger partial charge is 0.246 e. The number of hydrogen-bond acceptors (Lipinski definition) is 3. The Bertz CT molecular complexity index is 3850. The molecule has 4 aromatic heterocycles. The molecule has 0 spiro atoms. The SMILES string of the molecule is c1ccc(-n2c3ccccc3c3cc(-c4ccc5c6ccccc6n(-c6cccc(-c7cnc8oc9c%10ccccc%10c%10ccccc%10c9c8n7)c6)c5c4)ccc32)cc1. The summed E-state index contributed by atoms with van der Waals surface area (Å²) in [5.74, 6) is 0. The number of furan rings is 1. The Morgan fingerprint density at radius 2 is 0.949 bits per heavy atom. The molecule has 0 fully saturated rings. The lowest BCUT2D eigenvalue weighted by atomic mass is 9.98. The number of nitrogens with zero attached hydrogens (tertiary/aromatic N) is 4. The highest BCUT2D eigenvalue weighted by atomic mass is 16.3. The van der Waals surface area contributed by atoms with Crippen LogP contribution >= 0.6 is 0 Å². The number of rotatable bonds is 4. The van der Waals surface area contributed by atoms with Crippen molar-refractivity contribution in [2.45, 2.75) is 0 Å². The van der Waals surface area contributed by atoms with Gasteiger partial charge < -0.3 is 13.6 Å². The van der Waals surface area contributed by atoms with Crippen LogP contribution in [0.2, 0.25) is 0 Å². The van der Waals surface area contributed by atoms with Gasteiger partial charge in [0, 0.05) is 43.9 Å². The molecule has 0 saturated carbocycles. The molecular formula is C54H32N4O. The van der Waals surface area contributed by atoms with E-state index in [0.717, 1.165) is 66.3 Å². The average Bonchev–Trinajstić information content (AvgIpc) is 3.97. The molecule has 274 valence electrons. The van der Waals surface area contributed by atoms with Crippen LogP contribution in [-0.4, -0.2) is 19.1 Å². The Morgan fingerprint density at radius 1 is 0.373 bits per heavy atom. The zero-order valence-electron chi connectivity index (χ0n) is 31.7. The molecule has 13 aromatic rings. The van der Waals surface area contributed by atoms with Gasteiger partial charge in [0.25, 0.3) is 0 Å². The number of fused-ring (bicyclic) bond motifs is 14. The lowest BCUT2D eigenvalue weighted by Crippen LogP contribution is -1.95. The van der Waals surface area contributed by atoms with Crippen LogP contribution in [0.4, 0.5) is 0 Å². The normalized spacial score (nSPS) is 12.1. The van der Waals surface area contributed by atoms with Crippen molar-refractivity contribution in [2.24, 2.45) is 0 Å². The Kier molecular flexibility index (Phi) is 6.66. The van der Waals surface area contributed by atoms with Gasteiger partial charge in [-0.3, -0.25) is 0 Å². The van der Waals surface area contributed by atoms with E-state index < -0.39 is 0 Å². The summed E-state index contributed by atoms with van der Waals surface area (Å²) in [5, 5.41) is 10.4. The fourth-order valence-electron chi connectivity index (χ4n) is 9.54. The highest BCUT2D eigenvalue weighted by Crippen LogP contribution is 2.41. The van der Waals surface area contributed by atoms with Gasteiger partial charge in [0.2, 0.25) is 5.71 Å². The first-order valence-electron chi connectivity index (χ1n) is 20.0. The van der Waals surface area contributed by atoms with E-state index in [1.807, 2.05) is 6.20 Å². The van der Waals surface area contributed by atoms with E-state index in [1.54, 1.807) is 0 Å². The molecule has 5 heteroatoms. The van der Waals surface area contributed by atoms with Crippen LogP contribution in [0.5, 0.6) is 0 Å². The fourth-order valence-corrected chi connectivity index (χ4v) is 9.54. The molecule has 13 rings (SSSR count). The van der Waals surface area contributed by atoms with Crippen molar-refractivity contribution < 1.29 is 4.42 Å². The van der Waals surface area contributed by atoms with E-state index in [0.29, 0.717) is 5.71 Å². The predicted octanol–water partition coefficient (Wildman–Crippen LogP) is 14.2. The Labute approximate surface area is 337 Å². The van der Waals surface area contributed by atoms with Gasteiger partial charge in [-0.2, -0.15) is 0 Å². The molecule has 0 radical (unpaired) electrons. The molecule has 5 nitrogen and oxygen atoms in total. The monoisotopic (exact) mass is 752 g/mol. The van der Waals surface area contributed by atoms with Gasteiger partial charge >= 0.3 is 0 Å². The van der Waals surface area contributed by atoms with Gasteiger partial charge in [-0.1, -0.05) is 133 Å². The van der Waals surface area contributed by atoms with Gasteiger partial charge in [-0.25, -0.2) is 9.97 Å². The van der Waals surface area contributed by atoms with Crippen LogP contribution in [0.3, 0.4) is 0 Å². The first kappa shape index (κ1) is 32.1. The van der Waals surface area contributed by atoms with Gasteiger partial charge in [0.15, 0.2) is 0 Å². The third kappa shape index (κ3) is 4.67. The summed E-state index contributed by atoms with van der Waals surface area (Å²) in [5.41, 5.74) is 13.2. The van der Waals surface area contributed by atoms with Gasteiger partial charge in [-0.15, -0.1) is 0 Å². The number of para-hydroxylation sites is 3. The molecule has 0 aliphatic heterocycles. The van der Waals surface area contributed by atoms with Crippen LogP contribution in [0.25, 0.3) is 121 Å². The van der Waals surface area contributed by atoms with E-state index in [-0.39, 0.29) is 0 Å². The highest BCUT2D eigenvalue weighted by molar-refractivity contribution is 6.29. The van der Waals surface area contributed by atoms with Crippen molar-refractivity contribution in [2.75, 3.05) is 0 Å². The van der Waals surface area contributed by atoms with Crippen LogP contribution in [0, 0.1) is 0 Å². The molecule has 0 saturated heterocycles. The molecular weight excluding hydrogens is 721 g/mol. The summed E-state index contributed by atoms with van der Waals surface area (Å²) in [7, 11) is 0. The lowest BCUT2D eigenvalue weighted by molar-refractivity contribution is 0.656. The molecule has 0 bridgehead atoms. The fraction of sp³-hybridized carbons (Fsp3) is 0. The third-order valence-electron chi connectivity index (χ3n) is 12.2. The lowest BCUT2D eigenvalue weighted by Gasteiger charge is -2.11. The largest absolute Gasteiger partial charge is 0.436 e. The zero-order valence-corrected chi connectivity index (χ0v) is 31.7. The van der Waals surface area contributed by atoms with Crippen molar-refractivity contribution >= 4 is 87.4 Å². The van der Waals surface area contributed by atoms with Crippen molar-refractivity contribution in [3.05, 3.63) is 194 Å². The van der Waals surface area contributed by atoms with Crippen LogP contribution in [0.15, 0.2) is 199 Å². The van der Waals surface area contributed by atoms with E-state index in [9.17, 15) is 0 Å². The van der Waals surface area contributed by atoms with Crippen molar-refractivity contribution in [1.82, 2.24) is 19.1 Å². The minimum Gasteiger partial charge on any atom is -0.436 e. The Balaban J connectivity index is 0.978. The quantitative estimate of drug-likeness (QED) is 0.168. The minimum atomic E-state index is 0.541. The summed E-state index contributed by atoms with van der Waals surface area (Å²) in [6.45, 7) is 0. The second-order valence-corrected chi connectivity index (χ2v) is 15.4. The maximum absolute atomic E-state index is 6.48. The Morgan fingerprint density at radius 3 is 1.75 bits per heavy atom. The molecule has 4 heterocycles. The molecule has 59 heavy (non-hydrogen) atoms. The number of hydrogen-bond donors (Lipinski definition) is 0. The maximum Gasteiger partial charge on any atom is 0.246 e. The molecule has 0 aliphatic rings. The topological polar surface area (TPSA) is 48.8 Å². The highest BCUT2D eigenvalue weighted by Gasteiger charge is 2.20. The summed E-state index contributed by atoms with van der Waals surface area (Å²) < 4.78 is 11.2. The standard InChI is InChI=1S/C54H32N4O/c1-2-14-36(15-3-1)57-48-24-11-9-20-41(48)45-30-33(26-28-49(45)57)34-25-27-42-40-19-8-10-23-47(40)58(50(42)31-34)37-16-12-13-35(29-37)46-32-55-54-52(56-46)51-43-21-6-4-17-38(43)39-18-5-7-22-44(39)53(51)59-54/h1-32H. The van der Waals surface area contributed by atoms with Crippen LogP contribution in [0.1, 0.15) is 0 Å². The molecule has 9 aromatic carbocycles. The molecule has 0 aliphatic carbocycles. The maximum atomic E-state index is 6.48. The van der Waals surface area contributed by atoms with Gasteiger partial charge in [-0.05, 0) is 81.9 Å². The zero-order chi connectivity index (χ0) is 38.6. The number of aromatic nitrogens is 4. The second kappa shape index (κ2) is 12.2. The predicted molar refractivity (Wildman–Crippen MR) is 244 cm³/mol. The van der Waals surface area contributed by atoms with Crippen molar-refractivity contribution in [1.29, 1.82) is 0 Å². The first-order valence-corrected chi connectivity index (χ1v) is 20.0. The van der Waals surface area contributed by atoms with Crippen LogP contribution in [-0.2, 0) is 0 Å². The van der Waals surface area contributed by atoms with E-state index >= 15 is 0 Å². The van der Waals surface area contributed by atoms with Crippen molar-refractivity contribution in [3.63, 3.8) is 0 Å². The average molecular weight is 753 g/mol. The van der Waals surface area contributed by atoms with Gasteiger partial charge in [0.1, 0.15) is 11.1 Å². The van der Waals surface area contributed by atoms with Crippen LogP contribution < -0.4 is 0 Å². The summed E-state index contributed by atoms with van der Waals surface area (Å²) >= 11 is 0. The molecule has 0 unspecified atom stereocenters. The van der Waals surface area contributed by atoms with Crippen molar-refractivity contribution in [3.8, 4) is 33.8 Å². The third-order valence-corrected chi connectivity index (χ3v) is 12.2. The summed E-state index contributed by atoms with van der Waals surface area (Å²) in [6.07, 6.45) is 1.84. The van der Waals surface area contributed by atoms with E-state index in [1.165, 1.54) is 49.1 Å². The van der Waals surface area contributed by atoms with E-state index in [4.69, 9.17) is 14.4 Å². The Hall–Kier alpha value is -8.02. The summed E-state index contributed by atoms with van der Waals surface area (Å²) in [6, 6.07) is 67.4. The number of benzene rings is 9. The minimum absolute atomic E-state index is 0.541. The summed E-state index contributed by atoms with van der Waals surface area (Å²) in [4.78, 5) is 10.2. The first-order chi connectivity index (χ1) is 29.3. The second-order valence-electron chi connectivity index (χ2n) is 15.4. The molecule has 0 atom stereocenters. The van der Waals surface area contributed by atoms with Gasteiger partial charge in [0.05, 0.1) is 39.3 Å².